The Morgan fingerprint density at radius 1 is 1.40 bits per heavy atom. The average molecular weight is 271 g/mol. The standard InChI is InChI=1S/C15H17N3O2/c1-4-13-14(10-19)17-18(5-2)15(13)20-12-8-6-7-11(9-12)16-3/h6-9,19H,4-5,10H2,1-2H3. The summed E-state index contributed by atoms with van der Waals surface area (Å²) in [5.74, 6) is 1.24. The van der Waals surface area contributed by atoms with Crippen LogP contribution in [-0.2, 0) is 19.6 Å². The number of aliphatic hydroxyl groups is 1. The lowest BCUT2D eigenvalue weighted by molar-refractivity contribution is 0.274. The minimum absolute atomic E-state index is 0.103. The van der Waals surface area contributed by atoms with Crippen LogP contribution < -0.4 is 4.74 Å². The van der Waals surface area contributed by atoms with Gasteiger partial charge in [0.15, 0.2) is 5.69 Å². The van der Waals surface area contributed by atoms with Crippen molar-refractivity contribution in [3.63, 3.8) is 0 Å². The van der Waals surface area contributed by atoms with Crippen LogP contribution in [-0.4, -0.2) is 14.9 Å². The van der Waals surface area contributed by atoms with E-state index >= 15 is 0 Å². The van der Waals surface area contributed by atoms with Crippen molar-refractivity contribution in [1.82, 2.24) is 9.78 Å². The number of nitrogens with zero attached hydrogens (tertiary/aromatic N) is 3. The van der Waals surface area contributed by atoms with Crippen LogP contribution in [0.25, 0.3) is 4.85 Å². The minimum atomic E-state index is -0.103. The van der Waals surface area contributed by atoms with E-state index in [9.17, 15) is 5.11 Å². The van der Waals surface area contributed by atoms with E-state index in [-0.39, 0.29) is 6.61 Å². The van der Waals surface area contributed by atoms with E-state index in [2.05, 4.69) is 9.94 Å². The smallest absolute Gasteiger partial charge is 0.221 e. The highest BCUT2D eigenvalue weighted by Gasteiger charge is 2.17. The fraction of sp³-hybridized carbons (Fsp3) is 0.333. The highest BCUT2D eigenvalue weighted by molar-refractivity contribution is 5.50. The van der Waals surface area contributed by atoms with Crippen molar-refractivity contribution < 1.29 is 9.84 Å². The first-order valence-corrected chi connectivity index (χ1v) is 6.58. The second-order valence-electron chi connectivity index (χ2n) is 4.27. The lowest BCUT2D eigenvalue weighted by atomic mass is 10.2. The first-order valence-electron chi connectivity index (χ1n) is 6.58. The molecule has 0 aliphatic heterocycles. The Kier molecular flexibility index (Phi) is 4.38. The van der Waals surface area contributed by atoms with Crippen molar-refractivity contribution in [1.29, 1.82) is 0 Å². The van der Waals surface area contributed by atoms with E-state index in [4.69, 9.17) is 11.3 Å². The van der Waals surface area contributed by atoms with Gasteiger partial charge in [-0.15, -0.1) is 0 Å². The first kappa shape index (κ1) is 14.1. The SMILES string of the molecule is [C-]#[N+]c1cccc(Oc2c(CC)c(CO)nn2CC)c1. The maximum atomic E-state index is 9.36. The summed E-state index contributed by atoms with van der Waals surface area (Å²) >= 11 is 0. The predicted octanol–water partition coefficient (Wildman–Crippen LogP) is 3.30. The molecule has 5 heteroatoms. The van der Waals surface area contributed by atoms with Gasteiger partial charge in [-0.3, -0.25) is 0 Å². The number of benzene rings is 1. The molecule has 0 spiro atoms. The number of aliphatic hydroxyl groups excluding tert-OH is 1. The van der Waals surface area contributed by atoms with Crippen LogP contribution in [0.5, 0.6) is 11.6 Å². The molecule has 2 rings (SSSR count). The van der Waals surface area contributed by atoms with Crippen LogP contribution >= 0.6 is 0 Å². The van der Waals surface area contributed by atoms with Gasteiger partial charge in [0, 0.05) is 12.1 Å². The molecule has 2 aromatic rings. The topological polar surface area (TPSA) is 51.6 Å². The molecular weight excluding hydrogens is 254 g/mol. The number of aryl methyl sites for hydroxylation is 1. The summed E-state index contributed by atoms with van der Waals surface area (Å²) in [6.07, 6.45) is 0.730. The van der Waals surface area contributed by atoms with E-state index in [1.807, 2.05) is 13.8 Å². The fourth-order valence-electron chi connectivity index (χ4n) is 2.07. The van der Waals surface area contributed by atoms with Gasteiger partial charge in [0.1, 0.15) is 5.75 Å². The predicted molar refractivity (Wildman–Crippen MR) is 76.0 cm³/mol. The third-order valence-electron chi connectivity index (χ3n) is 3.05. The van der Waals surface area contributed by atoms with Crippen molar-refractivity contribution in [3.05, 3.63) is 46.9 Å². The minimum Gasteiger partial charge on any atom is -0.440 e. The van der Waals surface area contributed by atoms with Gasteiger partial charge in [-0.2, -0.15) is 5.10 Å². The van der Waals surface area contributed by atoms with Gasteiger partial charge in [-0.1, -0.05) is 19.1 Å². The molecule has 0 radical (unpaired) electrons. The van der Waals surface area contributed by atoms with E-state index in [0.717, 1.165) is 12.0 Å². The van der Waals surface area contributed by atoms with E-state index < -0.39 is 0 Å². The molecule has 1 N–H and O–H groups in total. The van der Waals surface area contributed by atoms with Gasteiger partial charge < -0.3 is 9.84 Å². The number of aromatic nitrogens is 2. The zero-order valence-corrected chi connectivity index (χ0v) is 11.6. The molecule has 1 aromatic carbocycles. The molecule has 0 amide bonds. The Hall–Kier alpha value is -2.32. The van der Waals surface area contributed by atoms with Crippen molar-refractivity contribution in [2.75, 3.05) is 0 Å². The zero-order chi connectivity index (χ0) is 14.5. The van der Waals surface area contributed by atoms with Crippen LogP contribution in [0.1, 0.15) is 25.1 Å². The average Bonchev–Trinajstić information content (AvgIpc) is 2.84. The molecule has 0 bridgehead atoms. The summed E-state index contributed by atoms with van der Waals surface area (Å²) in [6.45, 7) is 11.6. The van der Waals surface area contributed by atoms with Crippen molar-refractivity contribution in [2.24, 2.45) is 0 Å². The van der Waals surface area contributed by atoms with Crippen LogP contribution in [0, 0.1) is 6.57 Å². The Morgan fingerprint density at radius 3 is 2.80 bits per heavy atom. The van der Waals surface area contributed by atoms with Crippen LogP contribution in [0.2, 0.25) is 0 Å². The second kappa shape index (κ2) is 6.22. The third kappa shape index (κ3) is 2.65. The van der Waals surface area contributed by atoms with Crippen molar-refractivity contribution in [3.8, 4) is 11.6 Å². The molecule has 104 valence electrons. The fourth-order valence-corrected chi connectivity index (χ4v) is 2.07. The summed E-state index contributed by atoms with van der Waals surface area (Å²) in [6, 6.07) is 7.02. The Labute approximate surface area is 118 Å². The number of ether oxygens (including phenoxy) is 1. The molecule has 0 atom stereocenters. The normalized spacial score (nSPS) is 10.3. The van der Waals surface area contributed by atoms with Crippen LogP contribution in [0.3, 0.4) is 0 Å². The molecule has 1 heterocycles. The third-order valence-corrected chi connectivity index (χ3v) is 3.05. The maximum Gasteiger partial charge on any atom is 0.221 e. The molecule has 20 heavy (non-hydrogen) atoms. The van der Waals surface area contributed by atoms with Gasteiger partial charge in [0.25, 0.3) is 0 Å². The van der Waals surface area contributed by atoms with Crippen molar-refractivity contribution in [2.45, 2.75) is 33.4 Å². The molecule has 0 unspecified atom stereocenters. The number of rotatable bonds is 5. The summed E-state index contributed by atoms with van der Waals surface area (Å²) < 4.78 is 7.62. The van der Waals surface area contributed by atoms with E-state index in [1.54, 1.807) is 28.9 Å². The highest BCUT2D eigenvalue weighted by Crippen LogP contribution is 2.30. The van der Waals surface area contributed by atoms with E-state index in [0.29, 0.717) is 29.6 Å². The second-order valence-corrected chi connectivity index (χ2v) is 4.27. The molecule has 0 aliphatic carbocycles. The van der Waals surface area contributed by atoms with Gasteiger partial charge in [0.05, 0.1) is 18.9 Å². The molecule has 1 aromatic heterocycles. The molecule has 5 nitrogen and oxygen atoms in total. The van der Waals surface area contributed by atoms with Crippen LogP contribution in [0.15, 0.2) is 24.3 Å². The summed E-state index contributed by atoms with van der Waals surface area (Å²) in [4.78, 5) is 3.39. The van der Waals surface area contributed by atoms with Gasteiger partial charge >= 0.3 is 0 Å². The number of hydrogen-bond donors (Lipinski definition) is 1. The summed E-state index contributed by atoms with van der Waals surface area (Å²) in [5.41, 5.74) is 2.08. The van der Waals surface area contributed by atoms with Gasteiger partial charge in [-0.25, -0.2) is 9.53 Å². The largest absolute Gasteiger partial charge is 0.440 e. The summed E-state index contributed by atoms with van der Waals surface area (Å²) in [5, 5.41) is 13.7. The Morgan fingerprint density at radius 2 is 2.20 bits per heavy atom. The van der Waals surface area contributed by atoms with E-state index in [1.165, 1.54) is 0 Å². The molecular formula is C15H17N3O2. The van der Waals surface area contributed by atoms with Crippen molar-refractivity contribution >= 4 is 5.69 Å². The quantitative estimate of drug-likeness (QED) is 0.849. The molecule has 0 saturated carbocycles. The molecule has 0 fully saturated rings. The first-order chi connectivity index (χ1) is 9.73. The lowest BCUT2D eigenvalue weighted by Crippen LogP contribution is -2.00. The zero-order valence-electron chi connectivity index (χ0n) is 11.6. The number of hydrogen-bond acceptors (Lipinski definition) is 3. The van der Waals surface area contributed by atoms with Crippen LogP contribution in [0.4, 0.5) is 5.69 Å². The molecule has 0 saturated heterocycles. The Bertz CT molecular complexity index is 641. The monoisotopic (exact) mass is 271 g/mol. The summed E-state index contributed by atoms with van der Waals surface area (Å²) in [7, 11) is 0. The lowest BCUT2D eigenvalue weighted by Gasteiger charge is -2.09. The highest BCUT2D eigenvalue weighted by atomic mass is 16.5. The Balaban J connectivity index is 2.41. The molecule has 0 aliphatic rings. The van der Waals surface area contributed by atoms with Gasteiger partial charge in [-0.05, 0) is 25.5 Å². The maximum absolute atomic E-state index is 9.36. The van der Waals surface area contributed by atoms with Gasteiger partial charge in [0.2, 0.25) is 5.88 Å².